The molecule has 4 rings (SSSR count). The van der Waals surface area contributed by atoms with Crippen molar-refractivity contribution in [3.8, 4) is 11.5 Å². The van der Waals surface area contributed by atoms with Gasteiger partial charge in [0.25, 0.3) is 0 Å². The molecule has 4 nitrogen and oxygen atoms in total. The summed E-state index contributed by atoms with van der Waals surface area (Å²) in [5, 5.41) is 19.4. The van der Waals surface area contributed by atoms with Crippen LogP contribution in [0.1, 0.15) is 28.7 Å². The number of aromatic hydroxyl groups is 2. The maximum Gasteiger partial charge on any atom is 0.115 e. The molecule has 144 valence electrons. The fourth-order valence-corrected chi connectivity index (χ4v) is 4.48. The number of hydrogen-bond acceptors (Lipinski definition) is 4. The van der Waals surface area contributed by atoms with Gasteiger partial charge in [0.15, 0.2) is 0 Å². The Morgan fingerprint density at radius 3 is 1.44 bits per heavy atom. The lowest BCUT2D eigenvalue weighted by Crippen LogP contribution is -2.32. The summed E-state index contributed by atoms with van der Waals surface area (Å²) in [4.78, 5) is 5.14. The van der Waals surface area contributed by atoms with Crippen molar-refractivity contribution in [1.82, 2.24) is 9.80 Å². The monoisotopic (exact) mass is 366 g/mol. The lowest BCUT2D eigenvalue weighted by atomic mass is 10.0. The first-order chi connectivity index (χ1) is 13.2. The van der Waals surface area contributed by atoms with Crippen LogP contribution in [-0.2, 0) is 25.7 Å². The van der Waals surface area contributed by atoms with Gasteiger partial charge >= 0.3 is 0 Å². The van der Waals surface area contributed by atoms with Crippen LogP contribution in [0.15, 0.2) is 36.4 Å². The SMILES string of the molecule is Oc1ccc2c(c1)CCN(CCCN1CCc3ccc(O)cc3CC1)CC2. The first kappa shape index (κ1) is 18.3. The maximum atomic E-state index is 9.70. The molecule has 0 saturated heterocycles. The largest absolute Gasteiger partial charge is 0.508 e. The molecule has 2 aliphatic rings. The molecule has 2 N–H and O–H groups in total. The van der Waals surface area contributed by atoms with Crippen molar-refractivity contribution < 1.29 is 10.2 Å². The minimum absolute atomic E-state index is 0.387. The summed E-state index contributed by atoms with van der Waals surface area (Å²) in [6.45, 7) is 6.68. The summed E-state index contributed by atoms with van der Waals surface area (Å²) in [7, 11) is 0. The topological polar surface area (TPSA) is 46.9 Å². The third-order valence-electron chi connectivity index (χ3n) is 6.12. The van der Waals surface area contributed by atoms with Gasteiger partial charge in [0.2, 0.25) is 0 Å². The van der Waals surface area contributed by atoms with E-state index in [9.17, 15) is 10.2 Å². The summed E-state index contributed by atoms with van der Waals surface area (Å²) in [6, 6.07) is 11.7. The molecule has 0 fully saturated rings. The standard InChI is InChI=1S/C23H30N2O2/c26-22-4-2-18-6-12-24(14-8-20(18)16-22)10-1-11-25-13-7-19-3-5-23(27)17-21(19)9-15-25/h2-5,16-17,26-27H,1,6-15H2. The predicted octanol–water partition coefficient (Wildman–Crippen LogP) is 2.99. The summed E-state index contributed by atoms with van der Waals surface area (Å²) >= 11 is 0. The van der Waals surface area contributed by atoms with Gasteiger partial charge in [-0.25, -0.2) is 0 Å². The van der Waals surface area contributed by atoms with Gasteiger partial charge in [-0.05, 0) is 91.7 Å². The van der Waals surface area contributed by atoms with Gasteiger partial charge in [-0.3, -0.25) is 0 Å². The number of phenols is 2. The molecule has 2 aromatic rings. The molecule has 0 aromatic heterocycles. The van der Waals surface area contributed by atoms with Crippen molar-refractivity contribution in [3.05, 3.63) is 58.7 Å². The van der Waals surface area contributed by atoms with E-state index >= 15 is 0 Å². The Morgan fingerprint density at radius 1 is 0.593 bits per heavy atom. The quantitative estimate of drug-likeness (QED) is 0.873. The predicted molar refractivity (Wildman–Crippen MR) is 109 cm³/mol. The number of phenolic OH excluding ortho intramolecular Hbond substituents is 2. The molecule has 0 atom stereocenters. The third kappa shape index (κ3) is 4.63. The molecule has 0 spiro atoms. The zero-order valence-electron chi connectivity index (χ0n) is 16.0. The smallest absolute Gasteiger partial charge is 0.115 e. The zero-order valence-corrected chi connectivity index (χ0v) is 16.0. The van der Waals surface area contributed by atoms with Crippen molar-refractivity contribution in [2.24, 2.45) is 0 Å². The van der Waals surface area contributed by atoms with Crippen LogP contribution >= 0.6 is 0 Å². The van der Waals surface area contributed by atoms with Crippen molar-refractivity contribution in [2.75, 3.05) is 39.3 Å². The molecular weight excluding hydrogens is 336 g/mol. The highest BCUT2D eigenvalue weighted by Gasteiger charge is 2.16. The minimum atomic E-state index is 0.387. The second-order valence-electron chi connectivity index (χ2n) is 7.94. The normalized spacial score (nSPS) is 18.4. The van der Waals surface area contributed by atoms with E-state index in [0.717, 1.165) is 65.0 Å². The number of hydrogen-bond donors (Lipinski definition) is 2. The molecule has 0 bridgehead atoms. The van der Waals surface area contributed by atoms with Gasteiger partial charge in [-0.15, -0.1) is 0 Å². The lowest BCUT2D eigenvalue weighted by molar-refractivity contribution is 0.237. The second-order valence-corrected chi connectivity index (χ2v) is 7.94. The Bertz CT molecular complexity index is 724. The first-order valence-corrected chi connectivity index (χ1v) is 10.2. The van der Waals surface area contributed by atoms with E-state index in [4.69, 9.17) is 0 Å². The van der Waals surface area contributed by atoms with Crippen LogP contribution in [0.3, 0.4) is 0 Å². The molecule has 4 heteroatoms. The van der Waals surface area contributed by atoms with Crippen molar-refractivity contribution in [3.63, 3.8) is 0 Å². The van der Waals surface area contributed by atoms with Crippen LogP contribution in [0.2, 0.25) is 0 Å². The fourth-order valence-electron chi connectivity index (χ4n) is 4.48. The van der Waals surface area contributed by atoms with Gasteiger partial charge in [-0.1, -0.05) is 12.1 Å². The summed E-state index contributed by atoms with van der Waals surface area (Å²) in [6.07, 6.45) is 5.43. The van der Waals surface area contributed by atoms with Crippen LogP contribution in [-0.4, -0.2) is 59.3 Å². The highest BCUT2D eigenvalue weighted by molar-refractivity contribution is 5.36. The van der Waals surface area contributed by atoms with Gasteiger partial charge < -0.3 is 20.0 Å². The van der Waals surface area contributed by atoms with Crippen LogP contribution in [0.5, 0.6) is 11.5 Å². The van der Waals surface area contributed by atoms with E-state index in [2.05, 4.69) is 21.9 Å². The number of benzene rings is 2. The van der Waals surface area contributed by atoms with E-state index < -0.39 is 0 Å². The van der Waals surface area contributed by atoms with Crippen molar-refractivity contribution in [1.29, 1.82) is 0 Å². The van der Waals surface area contributed by atoms with Gasteiger partial charge in [0, 0.05) is 26.2 Å². The first-order valence-electron chi connectivity index (χ1n) is 10.2. The van der Waals surface area contributed by atoms with Gasteiger partial charge in [-0.2, -0.15) is 0 Å². The molecule has 0 aliphatic carbocycles. The van der Waals surface area contributed by atoms with Crippen LogP contribution in [0.25, 0.3) is 0 Å². The van der Waals surface area contributed by atoms with Gasteiger partial charge in [0.1, 0.15) is 11.5 Å². The summed E-state index contributed by atoms with van der Waals surface area (Å²) in [5.41, 5.74) is 5.41. The zero-order chi connectivity index (χ0) is 18.6. The molecule has 0 amide bonds. The summed E-state index contributed by atoms with van der Waals surface area (Å²) < 4.78 is 0. The molecule has 0 saturated carbocycles. The van der Waals surface area contributed by atoms with Crippen LogP contribution < -0.4 is 0 Å². The van der Waals surface area contributed by atoms with Crippen molar-refractivity contribution in [2.45, 2.75) is 32.1 Å². The second kappa shape index (κ2) is 8.32. The van der Waals surface area contributed by atoms with E-state index in [1.807, 2.05) is 24.3 Å². The van der Waals surface area contributed by atoms with E-state index in [0.29, 0.717) is 11.5 Å². The average molecular weight is 367 g/mol. The fraction of sp³-hybridized carbons (Fsp3) is 0.478. The Labute approximate surface area is 162 Å². The number of nitrogens with zero attached hydrogens (tertiary/aromatic N) is 2. The number of fused-ring (bicyclic) bond motifs is 2. The van der Waals surface area contributed by atoms with E-state index in [1.54, 1.807) is 0 Å². The Morgan fingerprint density at radius 2 is 1.00 bits per heavy atom. The van der Waals surface area contributed by atoms with Crippen molar-refractivity contribution >= 4 is 0 Å². The van der Waals surface area contributed by atoms with Crippen LogP contribution in [0, 0.1) is 0 Å². The molecule has 2 heterocycles. The maximum absolute atomic E-state index is 9.70. The number of rotatable bonds is 4. The van der Waals surface area contributed by atoms with Crippen LogP contribution in [0.4, 0.5) is 0 Å². The Hall–Kier alpha value is -2.04. The molecular formula is C23H30N2O2. The highest BCUT2D eigenvalue weighted by atomic mass is 16.3. The molecule has 27 heavy (non-hydrogen) atoms. The highest BCUT2D eigenvalue weighted by Crippen LogP contribution is 2.22. The minimum Gasteiger partial charge on any atom is -0.508 e. The molecule has 0 radical (unpaired) electrons. The Kier molecular flexibility index (Phi) is 5.65. The van der Waals surface area contributed by atoms with E-state index in [-0.39, 0.29) is 0 Å². The van der Waals surface area contributed by atoms with E-state index in [1.165, 1.54) is 28.7 Å². The Balaban J connectivity index is 1.24. The average Bonchev–Trinajstić information content (AvgIpc) is 2.98. The molecule has 2 aliphatic heterocycles. The molecule has 0 unspecified atom stereocenters. The summed E-state index contributed by atoms with van der Waals surface area (Å²) in [5.74, 6) is 0.773. The third-order valence-corrected chi connectivity index (χ3v) is 6.12. The van der Waals surface area contributed by atoms with Gasteiger partial charge in [0.05, 0.1) is 0 Å². The lowest BCUT2D eigenvalue weighted by Gasteiger charge is -2.23. The molecule has 2 aromatic carbocycles.